The average Bonchev–Trinajstić information content (AvgIpc) is 3.35. The molecule has 0 bridgehead atoms. The Bertz CT molecular complexity index is 1060. The molecular formula is C25H31N5O3. The van der Waals surface area contributed by atoms with Crippen LogP contribution in [0.15, 0.2) is 64.2 Å². The lowest BCUT2D eigenvalue weighted by Crippen LogP contribution is -2.52. The van der Waals surface area contributed by atoms with Crippen LogP contribution in [0.2, 0.25) is 0 Å². The molecule has 0 aliphatic carbocycles. The van der Waals surface area contributed by atoms with Gasteiger partial charge in [-0.1, -0.05) is 18.2 Å². The van der Waals surface area contributed by atoms with Gasteiger partial charge in [-0.05, 0) is 30.3 Å². The Morgan fingerprint density at radius 1 is 1.06 bits per heavy atom. The number of benzene rings is 2. The lowest BCUT2D eigenvalue weighted by Gasteiger charge is -2.36. The Kier molecular flexibility index (Phi) is 7.47. The van der Waals surface area contributed by atoms with Crippen LogP contribution in [0.4, 0.5) is 0 Å². The monoisotopic (exact) mass is 449 g/mol. The van der Waals surface area contributed by atoms with Crippen LogP contribution in [-0.2, 0) is 13.1 Å². The topological polar surface area (TPSA) is 75.4 Å². The van der Waals surface area contributed by atoms with Gasteiger partial charge in [-0.2, -0.15) is 0 Å². The zero-order valence-electron chi connectivity index (χ0n) is 19.5. The predicted molar refractivity (Wildman–Crippen MR) is 129 cm³/mol. The van der Waals surface area contributed by atoms with Crippen LogP contribution in [0.25, 0.3) is 11.5 Å². The maximum Gasteiger partial charge on any atom is 0.226 e. The van der Waals surface area contributed by atoms with E-state index in [4.69, 9.17) is 13.9 Å². The van der Waals surface area contributed by atoms with Crippen molar-refractivity contribution in [2.24, 2.45) is 4.99 Å². The molecule has 0 spiro atoms. The highest BCUT2D eigenvalue weighted by atomic mass is 16.5. The molecule has 1 N–H and O–H groups in total. The normalized spacial score (nSPS) is 14.9. The van der Waals surface area contributed by atoms with Crippen molar-refractivity contribution >= 4 is 5.96 Å². The van der Waals surface area contributed by atoms with Gasteiger partial charge in [-0.3, -0.25) is 9.89 Å². The molecule has 1 aromatic heterocycles. The molecule has 174 valence electrons. The maximum absolute atomic E-state index is 5.64. The van der Waals surface area contributed by atoms with Gasteiger partial charge in [0, 0.05) is 50.9 Å². The smallest absolute Gasteiger partial charge is 0.226 e. The minimum Gasteiger partial charge on any atom is -0.497 e. The number of nitrogens with zero attached hydrogens (tertiary/aromatic N) is 4. The molecule has 2 heterocycles. The molecule has 0 saturated carbocycles. The summed E-state index contributed by atoms with van der Waals surface area (Å²) in [7, 11) is 5.20. The summed E-state index contributed by atoms with van der Waals surface area (Å²) in [6.07, 6.45) is 1.70. The highest BCUT2D eigenvalue weighted by Crippen LogP contribution is 2.25. The van der Waals surface area contributed by atoms with Crippen molar-refractivity contribution in [2.45, 2.75) is 13.1 Å². The second-order valence-corrected chi connectivity index (χ2v) is 7.85. The number of hydrogen-bond donors (Lipinski definition) is 1. The van der Waals surface area contributed by atoms with Gasteiger partial charge in [0.15, 0.2) is 5.96 Å². The summed E-state index contributed by atoms with van der Waals surface area (Å²) in [4.78, 5) is 13.8. The molecule has 1 aliphatic rings. The van der Waals surface area contributed by atoms with Gasteiger partial charge in [0.05, 0.1) is 26.5 Å². The lowest BCUT2D eigenvalue weighted by atomic mass is 10.1. The minimum absolute atomic E-state index is 0.560. The summed E-state index contributed by atoms with van der Waals surface area (Å²) < 4.78 is 16.5. The summed E-state index contributed by atoms with van der Waals surface area (Å²) in [5.41, 5.74) is 2.95. The molecule has 3 aromatic rings. The van der Waals surface area contributed by atoms with E-state index in [1.165, 1.54) is 0 Å². The Morgan fingerprint density at radius 3 is 2.55 bits per heavy atom. The third-order valence-electron chi connectivity index (χ3n) is 5.77. The van der Waals surface area contributed by atoms with Crippen molar-refractivity contribution in [2.75, 3.05) is 47.4 Å². The third kappa shape index (κ3) is 5.64. The molecule has 2 aromatic carbocycles. The molecule has 0 atom stereocenters. The number of aliphatic imine (C=N–C) groups is 1. The first-order valence-electron chi connectivity index (χ1n) is 11.1. The van der Waals surface area contributed by atoms with E-state index in [9.17, 15) is 0 Å². The summed E-state index contributed by atoms with van der Waals surface area (Å²) in [6, 6.07) is 15.8. The fraction of sp³-hybridized carbons (Fsp3) is 0.360. The van der Waals surface area contributed by atoms with Crippen molar-refractivity contribution in [3.05, 3.63) is 66.1 Å². The molecule has 0 unspecified atom stereocenters. The van der Waals surface area contributed by atoms with E-state index in [2.05, 4.69) is 25.1 Å². The van der Waals surface area contributed by atoms with Crippen LogP contribution in [0.3, 0.4) is 0 Å². The molecule has 8 nitrogen and oxygen atoms in total. The molecule has 1 aliphatic heterocycles. The fourth-order valence-corrected chi connectivity index (χ4v) is 3.97. The number of ether oxygens (including phenoxy) is 2. The van der Waals surface area contributed by atoms with Gasteiger partial charge in [-0.15, -0.1) is 0 Å². The van der Waals surface area contributed by atoms with Gasteiger partial charge in [0.2, 0.25) is 5.89 Å². The number of guanidine groups is 1. The quantitative estimate of drug-likeness (QED) is 0.438. The molecule has 4 rings (SSSR count). The third-order valence-corrected chi connectivity index (χ3v) is 5.77. The number of hydrogen-bond acceptors (Lipinski definition) is 6. The first-order valence-corrected chi connectivity index (χ1v) is 11.1. The lowest BCUT2D eigenvalue weighted by molar-refractivity contribution is 0.171. The molecule has 8 heteroatoms. The summed E-state index contributed by atoms with van der Waals surface area (Å²) in [6.45, 7) is 5.03. The summed E-state index contributed by atoms with van der Waals surface area (Å²) >= 11 is 0. The molecule has 1 fully saturated rings. The number of piperazine rings is 1. The van der Waals surface area contributed by atoms with Crippen molar-refractivity contribution < 1.29 is 13.9 Å². The number of aromatic nitrogens is 1. The average molecular weight is 450 g/mol. The van der Waals surface area contributed by atoms with Crippen molar-refractivity contribution in [3.8, 4) is 23.0 Å². The van der Waals surface area contributed by atoms with Crippen molar-refractivity contribution in [1.29, 1.82) is 0 Å². The Balaban J connectivity index is 1.30. The van der Waals surface area contributed by atoms with E-state index >= 15 is 0 Å². The van der Waals surface area contributed by atoms with Gasteiger partial charge in [0.1, 0.15) is 17.8 Å². The second-order valence-electron chi connectivity index (χ2n) is 7.85. The number of methoxy groups -OCH3 is 2. The summed E-state index contributed by atoms with van der Waals surface area (Å²) in [5.74, 6) is 3.23. The maximum atomic E-state index is 5.64. The Morgan fingerprint density at radius 2 is 1.85 bits per heavy atom. The molecule has 0 amide bonds. The Labute approximate surface area is 194 Å². The van der Waals surface area contributed by atoms with E-state index in [0.29, 0.717) is 12.4 Å². The van der Waals surface area contributed by atoms with Gasteiger partial charge in [0.25, 0.3) is 0 Å². The molecule has 0 radical (unpaired) electrons. The SMILES string of the molecule is CN=C(NCc1coc(-c2ccccc2)n1)N1CCN(Cc2cc(OC)ccc2OC)CC1. The first kappa shape index (κ1) is 22.7. The van der Waals surface area contributed by atoms with E-state index in [1.54, 1.807) is 20.5 Å². The van der Waals surface area contributed by atoms with E-state index in [0.717, 1.165) is 67.0 Å². The molecular weight excluding hydrogens is 418 g/mol. The van der Waals surface area contributed by atoms with Crippen molar-refractivity contribution in [1.82, 2.24) is 20.1 Å². The van der Waals surface area contributed by atoms with Crippen LogP contribution < -0.4 is 14.8 Å². The number of rotatable bonds is 7. The predicted octanol–water partition coefficient (Wildman–Crippen LogP) is 3.25. The van der Waals surface area contributed by atoms with Gasteiger partial charge in [-0.25, -0.2) is 4.98 Å². The van der Waals surface area contributed by atoms with E-state index < -0.39 is 0 Å². The van der Waals surface area contributed by atoms with Gasteiger partial charge >= 0.3 is 0 Å². The number of oxazole rings is 1. The van der Waals surface area contributed by atoms with Gasteiger partial charge < -0.3 is 24.1 Å². The standard InChI is InChI=1S/C25H31N5O3/c1-26-25(27-16-21-18-33-24(28-21)19-7-5-4-6-8-19)30-13-11-29(12-14-30)17-20-15-22(31-2)9-10-23(20)32-3/h4-10,15,18H,11-14,16-17H2,1-3H3,(H,26,27). The summed E-state index contributed by atoms with van der Waals surface area (Å²) in [5, 5.41) is 3.42. The zero-order valence-corrected chi connectivity index (χ0v) is 19.5. The first-order chi connectivity index (χ1) is 16.2. The largest absolute Gasteiger partial charge is 0.497 e. The van der Waals surface area contributed by atoms with Crippen LogP contribution in [0, 0.1) is 0 Å². The second kappa shape index (κ2) is 10.9. The van der Waals surface area contributed by atoms with Crippen LogP contribution >= 0.6 is 0 Å². The van der Waals surface area contributed by atoms with Crippen LogP contribution in [0.5, 0.6) is 11.5 Å². The van der Waals surface area contributed by atoms with Crippen LogP contribution in [-0.4, -0.2) is 68.2 Å². The zero-order chi connectivity index (χ0) is 23.0. The van der Waals surface area contributed by atoms with E-state index in [-0.39, 0.29) is 0 Å². The van der Waals surface area contributed by atoms with Crippen molar-refractivity contribution in [3.63, 3.8) is 0 Å². The highest BCUT2D eigenvalue weighted by molar-refractivity contribution is 5.80. The fourth-order valence-electron chi connectivity index (χ4n) is 3.97. The minimum atomic E-state index is 0.560. The Hall–Kier alpha value is -3.52. The molecule has 1 saturated heterocycles. The van der Waals surface area contributed by atoms with E-state index in [1.807, 2.05) is 55.6 Å². The molecule has 33 heavy (non-hydrogen) atoms. The van der Waals surface area contributed by atoms with Crippen LogP contribution in [0.1, 0.15) is 11.3 Å². The highest BCUT2D eigenvalue weighted by Gasteiger charge is 2.21. The number of nitrogens with one attached hydrogen (secondary N) is 1.